The number of rotatable bonds is 5. The summed E-state index contributed by atoms with van der Waals surface area (Å²) in [5, 5.41) is 0. The molecule has 3 aromatic rings. The number of para-hydroxylation sites is 1. The molecule has 6 heteroatoms. The summed E-state index contributed by atoms with van der Waals surface area (Å²) in [6, 6.07) is 22.4. The normalized spacial score (nSPS) is 9.40. The number of ether oxygens (including phenoxy) is 4. The van der Waals surface area contributed by atoms with Gasteiger partial charge in [0.25, 0.3) is 0 Å². The molecule has 25 heavy (non-hydrogen) atoms. The quantitative estimate of drug-likeness (QED) is 0.708. The Morgan fingerprint density at radius 2 is 1.56 bits per heavy atom. The first-order valence-electron chi connectivity index (χ1n) is 7.37. The van der Waals surface area contributed by atoms with E-state index in [9.17, 15) is 0 Å². The third-order valence-electron chi connectivity index (χ3n) is 2.87. The van der Waals surface area contributed by atoms with E-state index in [4.69, 9.17) is 18.9 Å². The SMILES string of the molecule is COc1cc(Oc2[c]cccc2OC)nc(OC)n1.[c]1ccccc1. The van der Waals surface area contributed by atoms with E-state index in [1.165, 1.54) is 14.2 Å². The highest BCUT2D eigenvalue weighted by Crippen LogP contribution is 2.31. The van der Waals surface area contributed by atoms with Crippen LogP contribution in [0.25, 0.3) is 0 Å². The molecule has 0 aliphatic carbocycles. The third-order valence-corrected chi connectivity index (χ3v) is 2.87. The zero-order valence-electron chi connectivity index (χ0n) is 14.2. The topological polar surface area (TPSA) is 62.7 Å². The lowest BCUT2D eigenvalue weighted by atomic mass is 10.3. The molecule has 1 heterocycles. The Bertz CT molecular complexity index is 717. The van der Waals surface area contributed by atoms with Crippen LogP contribution in [0.3, 0.4) is 0 Å². The van der Waals surface area contributed by atoms with Gasteiger partial charge in [-0.25, -0.2) is 0 Å². The van der Waals surface area contributed by atoms with Crippen LogP contribution < -0.4 is 18.9 Å². The lowest BCUT2D eigenvalue weighted by molar-refractivity contribution is 0.333. The van der Waals surface area contributed by atoms with Gasteiger partial charge in [-0.05, 0) is 12.1 Å². The van der Waals surface area contributed by atoms with Crippen molar-refractivity contribution in [2.45, 2.75) is 0 Å². The second kappa shape index (κ2) is 9.77. The number of aromatic nitrogens is 2. The minimum absolute atomic E-state index is 0.157. The van der Waals surface area contributed by atoms with Crippen molar-refractivity contribution in [1.82, 2.24) is 9.97 Å². The summed E-state index contributed by atoms with van der Waals surface area (Å²) in [6.07, 6.45) is 0. The molecule has 2 radical (unpaired) electrons. The second-order valence-electron chi connectivity index (χ2n) is 4.48. The lowest BCUT2D eigenvalue weighted by Gasteiger charge is -2.10. The van der Waals surface area contributed by atoms with Gasteiger partial charge in [0, 0.05) is 6.07 Å². The third kappa shape index (κ3) is 5.69. The van der Waals surface area contributed by atoms with E-state index in [2.05, 4.69) is 22.1 Å². The molecule has 0 atom stereocenters. The van der Waals surface area contributed by atoms with Crippen molar-refractivity contribution in [2.24, 2.45) is 0 Å². The summed E-state index contributed by atoms with van der Waals surface area (Å²) in [7, 11) is 4.52. The molecule has 0 saturated carbocycles. The monoisotopic (exact) mass is 338 g/mol. The Kier molecular flexibility index (Phi) is 7.06. The van der Waals surface area contributed by atoms with Gasteiger partial charge < -0.3 is 18.9 Å². The predicted molar refractivity (Wildman–Crippen MR) is 92.3 cm³/mol. The van der Waals surface area contributed by atoms with E-state index < -0.39 is 0 Å². The molecule has 0 aliphatic heterocycles. The van der Waals surface area contributed by atoms with E-state index in [0.717, 1.165) is 0 Å². The van der Waals surface area contributed by atoms with Gasteiger partial charge in [-0.2, -0.15) is 9.97 Å². The maximum Gasteiger partial charge on any atom is 0.322 e. The molecule has 0 bridgehead atoms. The van der Waals surface area contributed by atoms with Crippen LogP contribution in [0.4, 0.5) is 0 Å². The maximum absolute atomic E-state index is 5.59. The van der Waals surface area contributed by atoms with Crippen LogP contribution in [0.5, 0.6) is 29.3 Å². The van der Waals surface area contributed by atoms with Crippen molar-refractivity contribution >= 4 is 0 Å². The van der Waals surface area contributed by atoms with E-state index >= 15 is 0 Å². The summed E-state index contributed by atoms with van der Waals surface area (Å²) in [5.41, 5.74) is 0. The van der Waals surface area contributed by atoms with Gasteiger partial charge in [0.1, 0.15) is 0 Å². The Morgan fingerprint density at radius 3 is 2.12 bits per heavy atom. The van der Waals surface area contributed by atoms with Crippen LogP contribution in [0, 0.1) is 12.1 Å². The smallest absolute Gasteiger partial charge is 0.322 e. The lowest BCUT2D eigenvalue weighted by Crippen LogP contribution is -1.98. The molecule has 0 N–H and O–H groups in total. The summed E-state index contributed by atoms with van der Waals surface area (Å²) in [4.78, 5) is 8.04. The average molecular weight is 338 g/mol. The van der Waals surface area contributed by atoms with Crippen molar-refractivity contribution in [3.8, 4) is 29.3 Å². The predicted octanol–water partition coefficient (Wildman–Crippen LogP) is 3.58. The fourth-order valence-corrected chi connectivity index (χ4v) is 1.72. The van der Waals surface area contributed by atoms with E-state index in [1.807, 2.05) is 30.3 Å². The maximum atomic E-state index is 5.59. The van der Waals surface area contributed by atoms with E-state index in [1.54, 1.807) is 31.4 Å². The first-order valence-corrected chi connectivity index (χ1v) is 7.37. The van der Waals surface area contributed by atoms with Crippen LogP contribution >= 0.6 is 0 Å². The van der Waals surface area contributed by atoms with Gasteiger partial charge in [-0.1, -0.05) is 42.5 Å². The van der Waals surface area contributed by atoms with Crippen molar-refractivity contribution in [3.05, 3.63) is 66.7 Å². The molecular weight excluding hydrogens is 320 g/mol. The molecule has 0 aliphatic rings. The minimum Gasteiger partial charge on any atom is -0.493 e. The van der Waals surface area contributed by atoms with Crippen LogP contribution in [0.15, 0.2) is 54.6 Å². The van der Waals surface area contributed by atoms with Crippen molar-refractivity contribution in [3.63, 3.8) is 0 Å². The summed E-state index contributed by atoms with van der Waals surface area (Å²) < 4.78 is 20.8. The number of hydrogen-bond donors (Lipinski definition) is 0. The highest BCUT2D eigenvalue weighted by Gasteiger charge is 2.10. The van der Waals surface area contributed by atoms with Crippen LogP contribution in [-0.4, -0.2) is 31.3 Å². The molecule has 6 nitrogen and oxygen atoms in total. The molecule has 128 valence electrons. The summed E-state index contributed by atoms with van der Waals surface area (Å²) in [6.45, 7) is 0. The summed E-state index contributed by atoms with van der Waals surface area (Å²) >= 11 is 0. The van der Waals surface area contributed by atoms with Gasteiger partial charge in [0.05, 0.1) is 27.4 Å². The zero-order valence-corrected chi connectivity index (χ0v) is 14.2. The number of nitrogens with zero attached hydrogens (tertiary/aromatic N) is 2. The Labute approximate surface area is 147 Å². The first kappa shape index (κ1) is 18.1. The van der Waals surface area contributed by atoms with Gasteiger partial charge in [0.2, 0.25) is 11.8 Å². The van der Waals surface area contributed by atoms with Gasteiger partial charge in [-0.3, -0.25) is 0 Å². The average Bonchev–Trinajstić information content (AvgIpc) is 2.70. The Balaban J connectivity index is 0.000000316. The molecule has 0 saturated heterocycles. The van der Waals surface area contributed by atoms with Crippen molar-refractivity contribution < 1.29 is 18.9 Å². The molecule has 3 rings (SSSR count). The van der Waals surface area contributed by atoms with Crippen molar-refractivity contribution in [2.75, 3.05) is 21.3 Å². The standard InChI is InChI=1S/C13H13N2O4.C6H5/c1-16-9-6-4-5-7-10(9)19-12-8-11(17-2)14-13(15-12)18-3;1-2-4-6-5-3-1/h4-6,8H,1-3H3;1-5H. The number of methoxy groups -OCH3 is 3. The fraction of sp³-hybridized carbons (Fsp3) is 0.158. The molecular formula is C19H18N2O4. The molecule has 0 fully saturated rings. The van der Waals surface area contributed by atoms with Crippen LogP contribution in [-0.2, 0) is 0 Å². The summed E-state index contributed by atoms with van der Waals surface area (Å²) in [5.74, 6) is 1.60. The highest BCUT2D eigenvalue weighted by molar-refractivity contribution is 5.41. The Morgan fingerprint density at radius 1 is 0.800 bits per heavy atom. The van der Waals surface area contributed by atoms with Gasteiger partial charge in [0.15, 0.2) is 11.5 Å². The number of benzene rings is 2. The molecule has 0 amide bonds. The largest absolute Gasteiger partial charge is 0.493 e. The fourth-order valence-electron chi connectivity index (χ4n) is 1.72. The molecule has 0 unspecified atom stereocenters. The second-order valence-corrected chi connectivity index (χ2v) is 4.48. The van der Waals surface area contributed by atoms with Crippen LogP contribution in [0.2, 0.25) is 0 Å². The minimum atomic E-state index is 0.157. The first-order chi connectivity index (χ1) is 12.3. The van der Waals surface area contributed by atoms with Crippen LogP contribution in [0.1, 0.15) is 0 Å². The molecule has 0 spiro atoms. The van der Waals surface area contributed by atoms with Crippen molar-refractivity contribution in [1.29, 1.82) is 0 Å². The number of hydrogen-bond acceptors (Lipinski definition) is 6. The molecule has 2 aromatic carbocycles. The molecule has 1 aromatic heterocycles. The van der Waals surface area contributed by atoms with Gasteiger partial charge in [-0.15, -0.1) is 0 Å². The zero-order chi connectivity index (χ0) is 17.9. The Hall–Kier alpha value is -3.28. The van der Waals surface area contributed by atoms with E-state index in [-0.39, 0.29) is 11.9 Å². The van der Waals surface area contributed by atoms with Gasteiger partial charge >= 0.3 is 6.01 Å². The van der Waals surface area contributed by atoms with E-state index in [0.29, 0.717) is 17.4 Å². The highest BCUT2D eigenvalue weighted by atomic mass is 16.5.